The lowest BCUT2D eigenvalue weighted by Gasteiger charge is -2.27. The van der Waals surface area contributed by atoms with Crippen molar-refractivity contribution in [3.05, 3.63) is 71.7 Å². The third-order valence-electron chi connectivity index (χ3n) is 6.02. The zero-order chi connectivity index (χ0) is 18.8. The SMILES string of the molecule is c1coc(-c2ncc(CN3CCCN(C4Cc5ccccc5C4)CC3)cn2)c1. The Morgan fingerprint density at radius 3 is 2.39 bits per heavy atom. The van der Waals surface area contributed by atoms with Crippen LogP contribution in [0.25, 0.3) is 11.6 Å². The molecule has 1 aliphatic carbocycles. The van der Waals surface area contributed by atoms with Crippen LogP contribution in [-0.2, 0) is 19.4 Å². The summed E-state index contributed by atoms with van der Waals surface area (Å²) in [7, 11) is 0. The van der Waals surface area contributed by atoms with Crippen LogP contribution in [0.4, 0.5) is 0 Å². The highest BCUT2D eigenvalue weighted by Gasteiger charge is 2.27. The lowest BCUT2D eigenvalue weighted by molar-refractivity contribution is 0.201. The second kappa shape index (κ2) is 7.86. The van der Waals surface area contributed by atoms with E-state index in [2.05, 4.69) is 44.0 Å². The number of fused-ring (bicyclic) bond motifs is 1. The zero-order valence-electron chi connectivity index (χ0n) is 16.1. The van der Waals surface area contributed by atoms with E-state index in [0.717, 1.165) is 37.5 Å². The predicted octanol–water partition coefficient (Wildman–Crippen LogP) is 3.41. The van der Waals surface area contributed by atoms with Crippen LogP contribution < -0.4 is 0 Å². The highest BCUT2D eigenvalue weighted by Crippen LogP contribution is 2.26. The molecular weight excluding hydrogens is 348 g/mol. The molecule has 0 atom stereocenters. The Bertz CT molecular complexity index is 882. The Morgan fingerprint density at radius 2 is 1.68 bits per heavy atom. The summed E-state index contributed by atoms with van der Waals surface area (Å²) >= 11 is 0. The molecule has 0 amide bonds. The fraction of sp³-hybridized carbons (Fsp3) is 0.391. The number of hydrogen-bond donors (Lipinski definition) is 0. The average molecular weight is 374 g/mol. The summed E-state index contributed by atoms with van der Waals surface area (Å²) in [4.78, 5) is 14.2. The minimum Gasteiger partial charge on any atom is -0.461 e. The Morgan fingerprint density at radius 1 is 0.893 bits per heavy atom. The van der Waals surface area contributed by atoms with E-state index in [0.29, 0.717) is 11.9 Å². The minimum atomic E-state index is 0.650. The van der Waals surface area contributed by atoms with Crippen molar-refractivity contribution in [2.24, 2.45) is 0 Å². The Balaban J connectivity index is 1.18. The molecule has 3 aromatic rings. The molecule has 0 bridgehead atoms. The molecule has 2 aliphatic rings. The van der Waals surface area contributed by atoms with Crippen molar-refractivity contribution in [2.75, 3.05) is 26.2 Å². The number of rotatable bonds is 4. The van der Waals surface area contributed by atoms with E-state index in [4.69, 9.17) is 4.42 Å². The highest BCUT2D eigenvalue weighted by molar-refractivity contribution is 5.45. The van der Waals surface area contributed by atoms with Crippen molar-refractivity contribution in [3.8, 4) is 11.6 Å². The summed E-state index contributed by atoms with van der Waals surface area (Å²) in [6.45, 7) is 5.49. The van der Waals surface area contributed by atoms with Gasteiger partial charge in [0, 0.05) is 43.6 Å². The molecule has 1 aromatic carbocycles. The van der Waals surface area contributed by atoms with E-state index in [1.54, 1.807) is 17.4 Å². The molecule has 5 rings (SSSR count). The Labute approximate surface area is 166 Å². The second-order valence-corrected chi connectivity index (χ2v) is 7.89. The summed E-state index contributed by atoms with van der Waals surface area (Å²) in [6.07, 6.45) is 9.15. The van der Waals surface area contributed by atoms with Crippen LogP contribution >= 0.6 is 0 Å². The van der Waals surface area contributed by atoms with Gasteiger partial charge in [0.1, 0.15) is 0 Å². The van der Waals surface area contributed by atoms with Crippen molar-refractivity contribution in [2.45, 2.75) is 31.8 Å². The molecule has 5 nitrogen and oxygen atoms in total. The Hall–Kier alpha value is -2.50. The first-order valence-electron chi connectivity index (χ1n) is 10.2. The fourth-order valence-corrected chi connectivity index (χ4v) is 4.54. The molecule has 5 heteroatoms. The van der Waals surface area contributed by atoms with Crippen molar-refractivity contribution in [1.82, 2.24) is 19.8 Å². The molecule has 2 aromatic heterocycles. The van der Waals surface area contributed by atoms with Gasteiger partial charge in [-0.05, 0) is 55.6 Å². The highest BCUT2D eigenvalue weighted by atomic mass is 16.3. The first kappa shape index (κ1) is 17.6. The maximum absolute atomic E-state index is 5.37. The fourth-order valence-electron chi connectivity index (χ4n) is 4.54. The van der Waals surface area contributed by atoms with Gasteiger partial charge in [-0.2, -0.15) is 0 Å². The number of benzene rings is 1. The molecule has 0 saturated carbocycles. The van der Waals surface area contributed by atoms with Gasteiger partial charge in [-0.25, -0.2) is 9.97 Å². The first-order valence-corrected chi connectivity index (χ1v) is 10.2. The minimum absolute atomic E-state index is 0.650. The molecule has 0 spiro atoms. The maximum atomic E-state index is 5.37. The van der Waals surface area contributed by atoms with Gasteiger partial charge in [0.05, 0.1) is 6.26 Å². The summed E-state index contributed by atoms with van der Waals surface area (Å²) in [5.41, 5.74) is 4.25. The molecule has 1 saturated heterocycles. The number of nitrogens with zero attached hydrogens (tertiary/aromatic N) is 4. The van der Waals surface area contributed by atoms with Crippen LogP contribution in [0, 0.1) is 0 Å². The number of hydrogen-bond acceptors (Lipinski definition) is 5. The van der Waals surface area contributed by atoms with Gasteiger partial charge in [-0.15, -0.1) is 0 Å². The van der Waals surface area contributed by atoms with Crippen LogP contribution in [0.3, 0.4) is 0 Å². The lowest BCUT2D eigenvalue weighted by atomic mass is 10.1. The number of aromatic nitrogens is 2. The van der Waals surface area contributed by atoms with E-state index in [1.165, 1.54) is 25.8 Å². The van der Waals surface area contributed by atoms with E-state index in [-0.39, 0.29) is 0 Å². The van der Waals surface area contributed by atoms with Gasteiger partial charge in [-0.3, -0.25) is 9.80 Å². The maximum Gasteiger partial charge on any atom is 0.195 e. The molecule has 3 heterocycles. The average Bonchev–Trinajstić information content (AvgIpc) is 3.35. The van der Waals surface area contributed by atoms with Gasteiger partial charge in [0.2, 0.25) is 0 Å². The van der Waals surface area contributed by atoms with Gasteiger partial charge >= 0.3 is 0 Å². The smallest absolute Gasteiger partial charge is 0.195 e. The van der Waals surface area contributed by atoms with Crippen molar-refractivity contribution >= 4 is 0 Å². The predicted molar refractivity (Wildman–Crippen MR) is 109 cm³/mol. The van der Waals surface area contributed by atoms with Gasteiger partial charge in [0.15, 0.2) is 11.6 Å². The van der Waals surface area contributed by atoms with Crippen LogP contribution in [0.5, 0.6) is 0 Å². The van der Waals surface area contributed by atoms with Gasteiger partial charge in [-0.1, -0.05) is 24.3 Å². The topological polar surface area (TPSA) is 45.4 Å². The van der Waals surface area contributed by atoms with E-state index >= 15 is 0 Å². The molecule has 0 N–H and O–H groups in total. The largest absolute Gasteiger partial charge is 0.461 e. The van der Waals surface area contributed by atoms with Crippen molar-refractivity contribution in [1.29, 1.82) is 0 Å². The summed E-state index contributed by atoms with van der Waals surface area (Å²) in [5.74, 6) is 1.37. The monoisotopic (exact) mass is 374 g/mol. The van der Waals surface area contributed by atoms with Crippen LogP contribution in [0.1, 0.15) is 23.1 Å². The molecular formula is C23H26N4O. The summed E-state index contributed by atoms with van der Waals surface area (Å²) < 4.78 is 5.37. The zero-order valence-corrected chi connectivity index (χ0v) is 16.1. The standard InChI is InChI=1S/C23H26N4O/c1-2-6-20-14-21(13-19(20)5-1)27-9-4-8-26(10-11-27)17-18-15-24-23(25-16-18)22-7-3-12-28-22/h1-3,5-7,12,15-16,21H,4,8-11,13-14,17H2. The van der Waals surface area contributed by atoms with E-state index in [9.17, 15) is 0 Å². The van der Waals surface area contributed by atoms with Crippen LogP contribution in [-0.4, -0.2) is 52.0 Å². The van der Waals surface area contributed by atoms with Crippen LogP contribution in [0.15, 0.2) is 59.5 Å². The number of furan rings is 1. The van der Waals surface area contributed by atoms with Crippen molar-refractivity contribution in [3.63, 3.8) is 0 Å². The van der Waals surface area contributed by atoms with Crippen molar-refractivity contribution < 1.29 is 4.42 Å². The first-order chi connectivity index (χ1) is 13.8. The van der Waals surface area contributed by atoms with Crippen LogP contribution in [0.2, 0.25) is 0 Å². The van der Waals surface area contributed by atoms with Gasteiger partial charge < -0.3 is 4.42 Å². The third-order valence-corrected chi connectivity index (χ3v) is 6.02. The second-order valence-electron chi connectivity index (χ2n) is 7.89. The molecule has 1 aliphatic heterocycles. The third kappa shape index (κ3) is 3.73. The molecule has 1 fully saturated rings. The molecule has 144 valence electrons. The Kier molecular flexibility index (Phi) is 4.93. The summed E-state index contributed by atoms with van der Waals surface area (Å²) in [5, 5.41) is 0. The quantitative estimate of drug-likeness (QED) is 0.700. The summed E-state index contributed by atoms with van der Waals surface area (Å²) in [6, 6.07) is 13.4. The molecule has 0 unspecified atom stereocenters. The molecule has 28 heavy (non-hydrogen) atoms. The van der Waals surface area contributed by atoms with E-state index < -0.39 is 0 Å². The lowest BCUT2D eigenvalue weighted by Crippen LogP contribution is -2.38. The van der Waals surface area contributed by atoms with E-state index in [1.807, 2.05) is 24.5 Å². The van der Waals surface area contributed by atoms with Gasteiger partial charge in [0.25, 0.3) is 0 Å². The normalized spacial score (nSPS) is 18.9. The molecule has 0 radical (unpaired) electrons.